The quantitative estimate of drug-likeness (QED) is 0.509. The van der Waals surface area contributed by atoms with Gasteiger partial charge in [0.1, 0.15) is 12.0 Å². The molecule has 0 aliphatic carbocycles. The molecule has 0 spiro atoms. The van der Waals surface area contributed by atoms with Crippen molar-refractivity contribution in [1.29, 1.82) is 0 Å². The monoisotopic (exact) mass is 278 g/mol. The predicted octanol–water partition coefficient (Wildman–Crippen LogP) is 2.84. The minimum absolute atomic E-state index is 0.136. The van der Waals surface area contributed by atoms with Gasteiger partial charge in [0.25, 0.3) is 5.69 Å². The smallest absolute Gasteiger partial charge is 0.289 e. The van der Waals surface area contributed by atoms with Gasteiger partial charge in [-0.05, 0) is 17.7 Å². The summed E-state index contributed by atoms with van der Waals surface area (Å²) in [6, 6.07) is 8.60. The molecule has 0 bridgehead atoms. The Hall–Kier alpha value is -2.34. The lowest BCUT2D eigenvalue weighted by Crippen LogP contribution is -2.02. The molecule has 0 aliphatic heterocycles. The van der Waals surface area contributed by atoms with Crippen molar-refractivity contribution in [2.45, 2.75) is 6.54 Å². The zero-order valence-corrected chi connectivity index (χ0v) is 10.6. The SMILES string of the molecule is Nc1ccc(CNc2ncc([N+](=O)[O-])cc2Cl)cc1. The van der Waals surface area contributed by atoms with Crippen LogP contribution in [0, 0.1) is 10.1 Å². The standard InChI is InChI=1S/C12H11ClN4O2/c13-11-5-10(17(18)19)7-16-12(11)15-6-8-1-3-9(14)4-2-8/h1-5,7H,6,14H2,(H,15,16). The van der Waals surface area contributed by atoms with Gasteiger partial charge in [-0.1, -0.05) is 23.7 Å². The van der Waals surface area contributed by atoms with Gasteiger partial charge in [0.15, 0.2) is 0 Å². The van der Waals surface area contributed by atoms with E-state index in [0.717, 1.165) is 11.8 Å². The van der Waals surface area contributed by atoms with Crippen LogP contribution < -0.4 is 11.1 Å². The maximum atomic E-state index is 10.6. The summed E-state index contributed by atoms with van der Waals surface area (Å²) in [7, 11) is 0. The van der Waals surface area contributed by atoms with E-state index in [4.69, 9.17) is 17.3 Å². The summed E-state index contributed by atoms with van der Waals surface area (Å²) in [6.45, 7) is 0.505. The highest BCUT2D eigenvalue weighted by Crippen LogP contribution is 2.24. The number of nitrogens with two attached hydrogens (primary N) is 1. The van der Waals surface area contributed by atoms with Gasteiger partial charge in [-0.3, -0.25) is 10.1 Å². The van der Waals surface area contributed by atoms with Crippen molar-refractivity contribution in [3.8, 4) is 0 Å². The summed E-state index contributed by atoms with van der Waals surface area (Å²) < 4.78 is 0. The molecule has 0 saturated carbocycles. The highest BCUT2D eigenvalue weighted by Gasteiger charge is 2.10. The zero-order valence-electron chi connectivity index (χ0n) is 9.84. The van der Waals surface area contributed by atoms with E-state index >= 15 is 0 Å². The second kappa shape index (κ2) is 5.53. The van der Waals surface area contributed by atoms with Gasteiger partial charge in [-0.15, -0.1) is 0 Å². The van der Waals surface area contributed by atoms with Crippen LogP contribution in [-0.2, 0) is 6.54 Å². The molecule has 7 heteroatoms. The van der Waals surface area contributed by atoms with E-state index in [1.54, 1.807) is 12.1 Å². The number of aromatic nitrogens is 1. The first-order valence-corrected chi connectivity index (χ1v) is 5.82. The van der Waals surface area contributed by atoms with Gasteiger partial charge in [-0.25, -0.2) is 4.98 Å². The van der Waals surface area contributed by atoms with E-state index in [-0.39, 0.29) is 10.7 Å². The number of hydrogen-bond donors (Lipinski definition) is 2. The van der Waals surface area contributed by atoms with Gasteiger partial charge in [0, 0.05) is 18.3 Å². The summed E-state index contributed by atoms with van der Waals surface area (Å²) in [4.78, 5) is 13.9. The molecule has 1 aromatic carbocycles. The summed E-state index contributed by atoms with van der Waals surface area (Å²) >= 11 is 5.92. The molecule has 0 radical (unpaired) electrons. The molecule has 98 valence electrons. The maximum absolute atomic E-state index is 10.6. The number of benzene rings is 1. The Morgan fingerprint density at radius 3 is 2.63 bits per heavy atom. The molecular formula is C12H11ClN4O2. The van der Waals surface area contributed by atoms with Crippen molar-refractivity contribution in [2.24, 2.45) is 0 Å². The third-order valence-corrected chi connectivity index (χ3v) is 2.77. The lowest BCUT2D eigenvalue weighted by Gasteiger charge is -2.07. The van der Waals surface area contributed by atoms with Crippen LogP contribution in [0.15, 0.2) is 36.5 Å². The highest BCUT2D eigenvalue weighted by atomic mass is 35.5. The molecule has 2 aromatic rings. The van der Waals surface area contributed by atoms with Crippen LogP contribution in [0.2, 0.25) is 5.02 Å². The molecule has 0 saturated heterocycles. The largest absolute Gasteiger partial charge is 0.399 e. The first kappa shape index (κ1) is 13.1. The van der Waals surface area contributed by atoms with E-state index in [1.165, 1.54) is 6.07 Å². The molecule has 1 aromatic heterocycles. The van der Waals surface area contributed by atoms with E-state index in [9.17, 15) is 10.1 Å². The molecule has 0 unspecified atom stereocenters. The van der Waals surface area contributed by atoms with Crippen LogP contribution in [0.1, 0.15) is 5.56 Å². The Balaban J connectivity index is 2.07. The zero-order chi connectivity index (χ0) is 13.8. The molecule has 0 amide bonds. The molecule has 0 aliphatic rings. The number of nitrogens with zero attached hydrogens (tertiary/aromatic N) is 2. The van der Waals surface area contributed by atoms with Gasteiger partial charge < -0.3 is 11.1 Å². The van der Waals surface area contributed by atoms with Crippen LogP contribution in [0.3, 0.4) is 0 Å². The van der Waals surface area contributed by atoms with Gasteiger partial charge in [0.2, 0.25) is 0 Å². The minimum atomic E-state index is -0.539. The van der Waals surface area contributed by atoms with E-state index in [1.807, 2.05) is 12.1 Å². The Labute approximate surface area is 114 Å². The molecule has 0 fully saturated rings. The van der Waals surface area contributed by atoms with Crippen molar-refractivity contribution in [3.63, 3.8) is 0 Å². The average Bonchev–Trinajstić information content (AvgIpc) is 2.39. The van der Waals surface area contributed by atoms with Crippen molar-refractivity contribution in [1.82, 2.24) is 4.98 Å². The number of anilines is 2. The Morgan fingerprint density at radius 1 is 1.37 bits per heavy atom. The Bertz CT molecular complexity index is 601. The molecule has 2 rings (SSSR count). The number of nitrogens with one attached hydrogen (secondary N) is 1. The van der Waals surface area contributed by atoms with Crippen molar-refractivity contribution >= 4 is 28.8 Å². The van der Waals surface area contributed by atoms with Crippen LogP contribution in [0.4, 0.5) is 17.2 Å². The van der Waals surface area contributed by atoms with Crippen molar-refractivity contribution in [3.05, 3.63) is 57.2 Å². The van der Waals surface area contributed by atoms with E-state index in [0.29, 0.717) is 18.1 Å². The molecule has 3 N–H and O–H groups in total. The number of nitrogen functional groups attached to an aromatic ring is 1. The van der Waals surface area contributed by atoms with Crippen molar-refractivity contribution in [2.75, 3.05) is 11.1 Å². The van der Waals surface area contributed by atoms with E-state index < -0.39 is 4.92 Å². The third kappa shape index (κ3) is 3.32. The second-order valence-corrected chi connectivity index (χ2v) is 4.28. The maximum Gasteiger partial charge on any atom is 0.289 e. The number of pyridine rings is 1. The summed E-state index contributed by atoms with van der Waals surface area (Å²) in [6.07, 6.45) is 1.16. The summed E-state index contributed by atoms with van der Waals surface area (Å²) in [5.41, 5.74) is 7.14. The van der Waals surface area contributed by atoms with E-state index in [2.05, 4.69) is 10.3 Å². The molecule has 19 heavy (non-hydrogen) atoms. The number of halogens is 1. The number of hydrogen-bond acceptors (Lipinski definition) is 5. The Kier molecular flexibility index (Phi) is 3.82. The number of nitro groups is 1. The summed E-state index contributed by atoms with van der Waals surface area (Å²) in [5.74, 6) is 0.407. The van der Waals surface area contributed by atoms with Crippen LogP contribution in [0.5, 0.6) is 0 Å². The molecule has 6 nitrogen and oxygen atoms in total. The molecule has 1 heterocycles. The van der Waals surface area contributed by atoms with Crippen LogP contribution >= 0.6 is 11.6 Å². The lowest BCUT2D eigenvalue weighted by atomic mass is 10.2. The molecule has 0 atom stereocenters. The Morgan fingerprint density at radius 2 is 2.05 bits per heavy atom. The fourth-order valence-electron chi connectivity index (χ4n) is 1.48. The normalized spacial score (nSPS) is 10.2. The minimum Gasteiger partial charge on any atom is -0.399 e. The van der Waals surface area contributed by atoms with Crippen LogP contribution in [-0.4, -0.2) is 9.91 Å². The van der Waals surface area contributed by atoms with Crippen molar-refractivity contribution < 1.29 is 4.92 Å². The predicted molar refractivity (Wildman–Crippen MR) is 74.1 cm³/mol. The first-order chi connectivity index (χ1) is 9.06. The van der Waals surface area contributed by atoms with Crippen LogP contribution in [0.25, 0.3) is 0 Å². The number of rotatable bonds is 4. The lowest BCUT2D eigenvalue weighted by molar-refractivity contribution is -0.385. The van der Waals surface area contributed by atoms with Gasteiger partial charge in [0.05, 0.1) is 9.95 Å². The third-order valence-electron chi connectivity index (χ3n) is 2.48. The topological polar surface area (TPSA) is 94.1 Å². The molecular weight excluding hydrogens is 268 g/mol. The fraction of sp³-hybridized carbons (Fsp3) is 0.0833. The highest BCUT2D eigenvalue weighted by molar-refractivity contribution is 6.33. The van der Waals surface area contributed by atoms with Gasteiger partial charge >= 0.3 is 0 Å². The average molecular weight is 279 g/mol. The second-order valence-electron chi connectivity index (χ2n) is 3.88. The van der Waals surface area contributed by atoms with Gasteiger partial charge in [-0.2, -0.15) is 0 Å². The first-order valence-electron chi connectivity index (χ1n) is 5.44. The summed E-state index contributed by atoms with van der Waals surface area (Å²) in [5, 5.41) is 13.8. The fourth-order valence-corrected chi connectivity index (χ4v) is 1.71.